The van der Waals surface area contributed by atoms with Crippen LogP contribution in [0.4, 0.5) is 0 Å². The molecule has 3 atom stereocenters. The highest BCUT2D eigenvalue weighted by atomic mass is 28.5. The van der Waals surface area contributed by atoms with Gasteiger partial charge in [0.1, 0.15) is 0 Å². The van der Waals surface area contributed by atoms with Gasteiger partial charge in [-0.3, -0.25) is 0 Å². The van der Waals surface area contributed by atoms with Gasteiger partial charge in [0.2, 0.25) is 0 Å². The molecule has 160 valence electrons. The van der Waals surface area contributed by atoms with Crippen LogP contribution in [-0.4, -0.2) is 29.8 Å². The Morgan fingerprint density at radius 2 is 1.33 bits per heavy atom. The second-order valence-corrected chi connectivity index (χ2v) is 14.6. The van der Waals surface area contributed by atoms with Crippen molar-refractivity contribution < 1.29 is 13.0 Å². The Labute approximate surface area is 172 Å². The maximum atomic E-state index is 6.45. The van der Waals surface area contributed by atoms with Crippen LogP contribution >= 0.6 is 0 Å². The highest BCUT2D eigenvalue weighted by Crippen LogP contribution is 2.22. The average molecular weight is 415 g/mol. The monoisotopic (exact) mass is 414 g/mol. The Morgan fingerprint density at radius 3 is 1.81 bits per heavy atom. The number of unbranched alkanes of at least 4 members (excludes halogenated alkanes) is 7. The molecular formula is C22H46O3Si2. The highest BCUT2D eigenvalue weighted by molar-refractivity contribution is 6.84. The summed E-state index contributed by atoms with van der Waals surface area (Å²) in [6, 6.07) is 0. The van der Waals surface area contributed by atoms with Crippen LogP contribution in [0.3, 0.4) is 0 Å². The first-order chi connectivity index (χ1) is 12.7. The minimum Gasteiger partial charge on any atom is -0.409 e. The zero-order valence-corrected chi connectivity index (χ0v) is 21.0. The maximum Gasteiger partial charge on any atom is 0.352 e. The molecule has 0 aromatic heterocycles. The minimum absolute atomic E-state index is 0.162. The fourth-order valence-corrected chi connectivity index (χ4v) is 9.24. The molecule has 0 aliphatic rings. The van der Waals surface area contributed by atoms with Gasteiger partial charge in [0.05, 0.1) is 0 Å². The summed E-state index contributed by atoms with van der Waals surface area (Å²) >= 11 is 0. The third-order valence-corrected chi connectivity index (χ3v) is 11.1. The van der Waals surface area contributed by atoms with Gasteiger partial charge in [0.15, 0.2) is 0 Å². The summed E-state index contributed by atoms with van der Waals surface area (Å²) in [5.74, 6) is 0.601. The fraction of sp³-hybridized carbons (Fsp3) is 0.818. The molecule has 0 aliphatic heterocycles. The molecule has 0 rings (SSSR count). The van der Waals surface area contributed by atoms with Gasteiger partial charge in [-0.15, -0.1) is 13.2 Å². The highest BCUT2D eigenvalue weighted by Gasteiger charge is 2.40. The molecule has 0 saturated heterocycles. The summed E-state index contributed by atoms with van der Waals surface area (Å²) in [5.41, 5.74) is 3.75. The molecule has 3 nitrogen and oxygen atoms in total. The third kappa shape index (κ3) is 13.6. The van der Waals surface area contributed by atoms with Gasteiger partial charge in [0.25, 0.3) is 0 Å². The summed E-state index contributed by atoms with van der Waals surface area (Å²) in [5, 5.41) is 0. The maximum absolute atomic E-state index is 6.45. The first kappa shape index (κ1) is 26.8. The third-order valence-electron chi connectivity index (χ3n) is 4.77. The van der Waals surface area contributed by atoms with Crippen molar-refractivity contribution >= 4 is 17.1 Å². The Hall–Kier alpha value is -0.206. The predicted molar refractivity (Wildman–Crippen MR) is 123 cm³/mol. The van der Waals surface area contributed by atoms with Crippen LogP contribution in [0.1, 0.15) is 85.5 Å². The molecule has 0 aromatic rings. The lowest BCUT2D eigenvalue weighted by Gasteiger charge is -2.35. The SMILES string of the molecule is C=C[Si](C)(OCCCCCCCCCC)O[Si](C)(C=C)OC(C)CC(C)C. The van der Waals surface area contributed by atoms with E-state index in [1.54, 1.807) is 0 Å². The van der Waals surface area contributed by atoms with Gasteiger partial charge in [0, 0.05) is 12.7 Å². The Morgan fingerprint density at radius 1 is 0.815 bits per heavy atom. The average Bonchev–Trinajstić information content (AvgIpc) is 2.59. The molecule has 0 heterocycles. The first-order valence-electron chi connectivity index (χ1n) is 11.0. The van der Waals surface area contributed by atoms with Crippen molar-refractivity contribution in [3.8, 4) is 0 Å². The molecule has 3 unspecified atom stereocenters. The molecule has 0 fully saturated rings. The smallest absolute Gasteiger partial charge is 0.352 e. The van der Waals surface area contributed by atoms with Crippen LogP contribution in [0, 0.1) is 5.92 Å². The van der Waals surface area contributed by atoms with Crippen molar-refractivity contribution in [1.82, 2.24) is 0 Å². The van der Waals surface area contributed by atoms with E-state index in [0.29, 0.717) is 5.92 Å². The van der Waals surface area contributed by atoms with Crippen LogP contribution in [0.2, 0.25) is 13.1 Å². The first-order valence-corrected chi connectivity index (χ1v) is 15.8. The van der Waals surface area contributed by atoms with Crippen LogP contribution in [0.5, 0.6) is 0 Å². The van der Waals surface area contributed by atoms with Crippen molar-refractivity contribution in [3.05, 3.63) is 24.6 Å². The van der Waals surface area contributed by atoms with E-state index < -0.39 is 17.1 Å². The predicted octanol–water partition coefficient (Wildman–Crippen LogP) is 7.21. The lowest BCUT2D eigenvalue weighted by molar-refractivity contribution is 0.139. The van der Waals surface area contributed by atoms with E-state index in [2.05, 4.69) is 53.9 Å². The van der Waals surface area contributed by atoms with E-state index >= 15 is 0 Å². The van der Waals surface area contributed by atoms with E-state index in [9.17, 15) is 0 Å². The number of hydrogen-bond acceptors (Lipinski definition) is 3. The zero-order valence-electron chi connectivity index (χ0n) is 19.0. The molecule has 0 radical (unpaired) electrons. The normalized spacial score (nSPS) is 17.3. The Kier molecular flexibility index (Phi) is 14.6. The largest absolute Gasteiger partial charge is 0.409 e. The molecule has 0 N–H and O–H groups in total. The second-order valence-electron chi connectivity index (χ2n) is 8.42. The molecule has 5 heteroatoms. The Bertz CT molecular complexity index is 403. The standard InChI is InChI=1S/C22H46O3Si2/c1-9-12-13-14-15-16-17-18-19-23-26(7,10-2)25-27(8,11-3)24-22(6)20-21(4)5/h10-11,21-22H,2-3,9,12-20H2,1,4-8H3. The molecule has 0 aliphatic carbocycles. The van der Waals surface area contributed by atoms with Crippen molar-refractivity contribution in [3.63, 3.8) is 0 Å². The molecule has 0 spiro atoms. The van der Waals surface area contributed by atoms with E-state index in [-0.39, 0.29) is 6.10 Å². The lowest BCUT2D eigenvalue weighted by Crippen LogP contribution is -2.51. The van der Waals surface area contributed by atoms with E-state index in [0.717, 1.165) is 19.4 Å². The van der Waals surface area contributed by atoms with Crippen molar-refractivity contribution in [2.45, 2.75) is 105 Å². The van der Waals surface area contributed by atoms with Gasteiger partial charge in [-0.05, 0) is 38.8 Å². The molecule has 27 heavy (non-hydrogen) atoms. The van der Waals surface area contributed by atoms with Gasteiger partial charge in [-0.1, -0.05) is 77.1 Å². The molecule has 0 aromatic carbocycles. The van der Waals surface area contributed by atoms with Crippen LogP contribution in [0.15, 0.2) is 24.6 Å². The Balaban J connectivity index is 4.31. The van der Waals surface area contributed by atoms with Gasteiger partial charge in [-0.2, -0.15) is 0 Å². The quantitative estimate of drug-likeness (QED) is 0.175. The molecule has 0 saturated carbocycles. The summed E-state index contributed by atoms with van der Waals surface area (Å²) in [6.45, 7) is 21.6. The van der Waals surface area contributed by atoms with Crippen molar-refractivity contribution in [1.29, 1.82) is 0 Å². The van der Waals surface area contributed by atoms with Crippen molar-refractivity contribution in [2.24, 2.45) is 5.92 Å². The van der Waals surface area contributed by atoms with Crippen LogP contribution < -0.4 is 0 Å². The summed E-state index contributed by atoms with van der Waals surface area (Å²) in [7, 11) is -4.92. The van der Waals surface area contributed by atoms with Gasteiger partial charge >= 0.3 is 17.1 Å². The van der Waals surface area contributed by atoms with Crippen molar-refractivity contribution in [2.75, 3.05) is 6.61 Å². The molecule has 0 bridgehead atoms. The van der Waals surface area contributed by atoms with Gasteiger partial charge in [-0.25, -0.2) is 0 Å². The zero-order chi connectivity index (χ0) is 20.8. The summed E-state index contributed by atoms with van der Waals surface area (Å²) in [6.07, 6.45) is 11.6. The van der Waals surface area contributed by atoms with Crippen LogP contribution in [0.25, 0.3) is 0 Å². The second kappa shape index (κ2) is 14.7. The van der Waals surface area contributed by atoms with Gasteiger partial charge < -0.3 is 13.0 Å². The summed E-state index contributed by atoms with van der Waals surface area (Å²) < 4.78 is 18.9. The molecular weight excluding hydrogens is 368 g/mol. The molecule has 0 amide bonds. The van der Waals surface area contributed by atoms with Crippen LogP contribution in [-0.2, 0) is 13.0 Å². The van der Waals surface area contributed by atoms with E-state index in [1.165, 1.54) is 44.9 Å². The minimum atomic E-state index is -2.47. The fourth-order valence-electron chi connectivity index (χ4n) is 3.27. The van der Waals surface area contributed by atoms with E-state index in [1.807, 2.05) is 11.4 Å². The van der Waals surface area contributed by atoms with E-state index in [4.69, 9.17) is 13.0 Å². The number of rotatable bonds is 18. The number of hydrogen-bond donors (Lipinski definition) is 0. The summed E-state index contributed by atoms with van der Waals surface area (Å²) in [4.78, 5) is 0. The lowest BCUT2D eigenvalue weighted by atomic mass is 10.1. The topological polar surface area (TPSA) is 27.7 Å².